The molecule has 4 rings (SSSR count). The molecule has 0 saturated carbocycles. The van der Waals surface area contributed by atoms with Crippen LogP contribution in [0.3, 0.4) is 0 Å². The van der Waals surface area contributed by atoms with Crippen molar-refractivity contribution in [2.75, 3.05) is 0 Å². The van der Waals surface area contributed by atoms with E-state index in [1.165, 1.54) is 33.4 Å². The summed E-state index contributed by atoms with van der Waals surface area (Å²) in [5.74, 6) is 0. The molecule has 26 heavy (non-hydrogen) atoms. The van der Waals surface area contributed by atoms with Gasteiger partial charge in [-0.3, -0.25) is 0 Å². The topological polar surface area (TPSA) is 0 Å². The number of hydrogen-bond acceptors (Lipinski definition) is 0. The minimum Gasteiger partial charge on any atom is -0.0622 e. The van der Waals surface area contributed by atoms with Gasteiger partial charge in [-0.15, -0.1) is 0 Å². The highest BCUT2D eigenvalue weighted by Crippen LogP contribution is 2.34. The zero-order valence-corrected chi connectivity index (χ0v) is 14.5. The second-order valence-electron chi connectivity index (χ2n) is 6.28. The van der Waals surface area contributed by atoms with Crippen LogP contribution in [0.5, 0.6) is 0 Å². The van der Waals surface area contributed by atoms with E-state index >= 15 is 0 Å². The van der Waals surface area contributed by atoms with Gasteiger partial charge < -0.3 is 0 Å². The van der Waals surface area contributed by atoms with Gasteiger partial charge in [0.1, 0.15) is 0 Å². The molecule has 0 saturated heterocycles. The first-order chi connectivity index (χ1) is 12.9. The fourth-order valence-corrected chi connectivity index (χ4v) is 3.15. The maximum Gasteiger partial charge on any atom is -0.0105 e. The van der Waals surface area contributed by atoms with Gasteiger partial charge in [0, 0.05) is 0 Å². The molecular weight excluding hydrogens is 312 g/mol. The average molecular weight is 332 g/mol. The third kappa shape index (κ3) is 3.65. The Bertz CT molecular complexity index is 927. The Labute approximate surface area is 155 Å². The van der Waals surface area contributed by atoms with Gasteiger partial charge in [-0.05, 0) is 39.4 Å². The van der Waals surface area contributed by atoms with Crippen molar-refractivity contribution in [1.82, 2.24) is 0 Å². The third-order valence-electron chi connectivity index (χ3n) is 4.48. The van der Waals surface area contributed by atoms with E-state index in [1.807, 2.05) is 12.1 Å². The van der Waals surface area contributed by atoms with Crippen LogP contribution in [0.15, 0.2) is 97.1 Å². The quantitative estimate of drug-likeness (QED) is 0.373. The Morgan fingerprint density at radius 2 is 0.769 bits per heavy atom. The van der Waals surface area contributed by atoms with Crippen molar-refractivity contribution in [3.63, 3.8) is 0 Å². The van der Waals surface area contributed by atoms with E-state index in [4.69, 9.17) is 0 Å². The van der Waals surface area contributed by atoms with Crippen LogP contribution in [0, 0.1) is 0 Å². The van der Waals surface area contributed by atoms with Gasteiger partial charge in [-0.25, -0.2) is 0 Å². The summed E-state index contributed by atoms with van der Waals surface area (Å²) in [6.07, 6.45) is 8.76. The van der Waals surface area contributed by atoms with Crippen LogP contribution < -0.4 is 0 Å². The normalized spacial score (nSPS) is 11.5. The Morgan fingerprint density at radius 1 is 0.385 bits per heavy atom. The van der Waals surface area contributed by atoms with Crippen LogP contribution >= 0.6 is 0 Å². The highest BCUT2D eigenvalue weighted by atomic mass is 14.1. The van der Waals surface area contributed by atoms with Crippen molar-refractivity contribution in [1.29, 1.82) is 0 Å². The van der Waals surface area contributed by atoms with Gasteiger partial charge in [-0.1, -0.05) is 115 Å². The zero-order valence-electron chi connectivity index (χ0n) is 14.5. The first-order valence-electron chi connectivity index (χ1n) is 8.88. The minimum absolute atomic E-state index is 1.21. The minimum atomic E-state index is 1.21. The molecule has 0 aromatic heterocycles. The van der Waals surface area contributed by atoms with Crippen LogP contribution in [0.25, 0.3) is 35.4 Å². The van der Waals surface area contributed by atoms with Gasteiger partial charge in [0.15, 0.2) is 0 Å². The number of hydrogen-bond donors (Lipinski definition) is 0. The summed E-state index contributed by atoms with van der Waals surface area (Å²) in [6, 6.07) is 33.8. The zero-order chi connectivity index (χ0) is 17.6. The molecule has 0 heteroatoms. The van der Waals surface area contributed by atoms with Crippen LogP contribution in [0.1, 0.15) is 22.3 Å². The Hall–Kier alpha value is -3.38. The monoisotopic (exact) mass is 332 g/mol. The second kappa shape index (κ2) is 7.67. The molecule has 0 radical (unpaired) electrons. The molecule has 2 aromatic carbocycles. The maximum atomic E-state index is 2.27. The molecule has 0 unspecified atom stereocenters. The molecule has 2 aromatic rings. The highest BCUT2D eigenvalue weighted by molar-refractivity contribution is 5.91. The predicted molar refractivity (Wildman–Crippen MR) is 114 cm³/mol. The first-order valence-corrected chi connectivity index (χ1v) is 8.88. The lowest BCUT2D eigenvalue weighted by molar-refractivity contribution is 1.66. The lowest BCUT2D eigenvalue weighted by Gasteiger charge is -1.98. The molecule has 0 fully saturated rings. The summed E-state index contributed by atoms with van der Waals surface area (Å²) in [4.78, 5) is 0. The maximum absolute atomic E-state index is 2.27. The van der Waals surface area contributed by atoms with E-state index in [0.29, 0.717) is 0 Å². The molecule has 0 bridgehead atoms. The standard InChI is InChI=1S/C26H20/c1-4-10-21(11-5-1)16-18-23-20-24(19-17-22-12-6-2-7-13-22)26-15-9-3-8-14-25(23)26/h1-20H/b18-16+,19-17+. The molecule has 0 amide bonds. The number of rotatable bonds is 4. The van der Waals surface area contributed by atoms with Gasteiger partial charge in [0.05, 0.1) is 0 Å². The van der Waals surface area contributed by atoms with E-state index in [1.54, 1.807) is 0 Å². The summed E-state index contributed by atoms with van der Waals surface area (Å²) >= 11 is 0. The van der Waals surface area contributed by atoms with Gasteiger partial charge in [0.25, 0.3) is 0 Å². The van der Waals surface area contributed by atoms with Gasteiger partial charge in [-0.2, -0.15) is 0 Å². The van der Waals surface area contributed by atoms with E-state index in [2.05, 4.69) is 109 Å². The van der Waals surface area contributed by atoms with Crippen molar-refractivity contribution in [2.24, 2.45) is 0 Å². The summed E-state index contributed by atoms with van der Waals surface area (Å²) < 4.78 is 0. The molecule has 0 heterocycles. The van der Waals surface area contributed by atoms with Crippen molar-refractivity contribution in [3.05, 3.63) is 119 Å². The second-order valence-corrected chi connectivity index (χ2v) is 6.28. The van der Waals surface area contributed by atoms with E-state index in [-0.39, 0.29) is 0 Å². The molecule has 0 nitrogen and oxygen atoms in total. The summed E-state index contributed by atoms with van der Waals surface area (Å²) in [6.45, 7) is 0. The van der Waals surface area contributed by atoms with Crippen LogP contribution in [-0.2, 0) is 0 Å². The lowest BCUT2D eigenvalue weighted by atomic mass is 10.1. The lowest BCUT2D eigenvalue weighted by Crippen LogP contribution is -1.73. The van der Waals surface area contributed by atoms with E-state index in [9.17, 15) is 0 Å². The first kappa shape index (κ1) is 16.1. The van der Waals surface area contributed by atoms with Crippen molar-refractivity contribution in [3.8, 4) is 11.1 Å². The molecule has 2 aliphatic carbocycles. The van der Waals surface area contributed by atoms with Gasteiger partial charge >= 0.3 is 0 Å². The molecule has 0 N–H and O–H groups in total. The molecule has 0 aliphatic heterocycles. The number of fused-ring (bicyclic) bond motifs is 1. The summed E-state index contributed by atoms with van der Waals surface area (Å²) in [7, 11) is 0. The third-order valence-corrected chi connectivity index (χ3v) is 4.48. The molecular formula is C26H20. The fourth-order valence-electron chi connectivity index (χ4n) is 3.15. The predicted octanol–water partition coefficient (Wildman–Crippen LogP) is 7.13. The van der Waals surface area contributed by atoms with Crippen LogP contribution in [0.2, 0.25) is 0 Å². The Balaban J connectivity index is 1.73. The summed E-state index contributed by atoms with van der Waals surface area (Å²) in [5.41, 5.74) is 7.46. The average Bonchev–Trinajstić information content (AvgIpc) is 2.86. The molecule has 124 valence electrons. The molecule has 0 spiro atoms. The van der Waals surface area contributed by atoms with Gasteiger partial charge in [0.2, 0.25) is 0 Å². The number of benzene rings is 2. The molecule has 0 atom stereocenters. The van der Waals surface area contributed by atoms with E-state index in [0.717, 1.165) is 0 Å². The van der Waals surface area contributed by atoms with Crippen molar-refractivity contribution < 1.29 is 0 Å². The van der Waals surface area contributed by atoms with Crippen LogP contribution in [-0.4, -0.2) is 0 Å². The van der Waals surface area contributed by atoms with Crippen LogP contribution in [0.4, 0.5) is 0 Å². The largest absolute Gasteiger partial charge is 0.0622 e. The Kier molecular flexibility index (Phi) is 4.75. The Morgan fingerprint density at radius 3 is 1.19 bits per heavy atom. The SMILES string of the molecule is C(=C\c1cc(/C=C/c2ccccc2)c2cccccc1-2)/c1ccccc1. The smallest absolute Gasteiger partial charge is 0.0105 e. The fraction of sp³-hybridized carbons (Fsp3) is 0. The van der Waals surface area contributed by atoms with Crippen molar-refractivity contribution in [2.45, 2.75) is 0 Å². The highest BCUT2D eigenvalue weighted by Gasteiger charge is 2.11. The summed E-state index contributed by atoms with van der Waals surface area (Å²) in [5, 5.41) is 0. The van der Waals surface area contributed by atoms with Crippen molar-refractivity contribution >= 4 is 24.3 Å². The van der Waals surface area contributed by atoms with E-state index < -0.39 is 0 Å². The molecule has 2 aliphatic rings.